The first-order valence-corrected chi connectivity index (χ1v) is 7.65. The minimum Gasteiger partial charge on any atom is -0.409 e. The summed E-state index contributed by atoms with van der Waals surface area (Å²) in [6.07, 6.45) is 2.02. The summed E-state index contributed by atoms with van der Waals surface area (Å²) in [6.45, 7) is 0.805. The second-order valence-electron chi connectivity index (χ2n) is 4.40. The zero-order chi connectivity index (χ0) is 14.1. The Hall–Kier alpha value is -1.79. The highest BCUT2D eigenvalue weighted by atomic mass is 79.9. The third-order valence-corrected chi connectivity index (χ3v) is 4.83. The lowest BCUT2D eigenvalue weighted by atomic mass is 10.1. The maximum Gasteiger partial charge on any atom is 0.170 e. The number of fused-ring (bicyclic) bond motifs is 1. The van der Waals surface area contributed by atoms with Crippen LogP contribution in [0.1, 0.15) is 10.4 Å². The van der Waals surface area contributed by atoms with Crippen LogP contribution in [0.25, 0.3) is 10.9 Å². The van der Waals surface area contributed by atoms with Gasteiger partial charge in [0, 0.05) is 37.4 Å². The number of benzene rings is 1. The Morgan fingerprint density at radius 3 is 2.95 bits per heavy atom. The van der Waals surface area contributed by atoms with Crippen molar-refractivity contribution in [3.05, 3.63) is 56.8 Å². The van der Waals surface area contributed by atoms with Gasteiger partial charge in [0.2, 0.25) is 0 Å². The fourth-order valence-corrected chi connectivity index (χ4v) is 3.69. The van der Waals surface area contributed by atoms with Crippen molar-refractivity contribution in [2.45, 2.75) is 6.54 Å². The predicted molar refractivity (Wildman–Crippen MR) is 85.6 cm³/mol. The van der Waals surface area contributed by atoms with E-state index in [1.54, 1.807) is 11.3 Å². The van der Waals surface area contributed by atoms with Gasteiger partial charge in [-0.2, -0.15) is 0 Å². The average molecular weight is 350 g/mol. The third kappa shape index (κ3) is 2.32. The van der Waals surface area contributed by atoms with Gasteiger partial charge in [0.05, 0.1) is 6.54 Å². The molecule has 2 aromatic heterocycles. The van der Waals surface area contributed by atoms with E-state index in [9.17, 15) is 0 Å². The van der Waals surface area contributed by atoms with Crippen molar-refractivity contribution in [2.75, 3.05) is 0 Å². The number of halogens is 1. The summed E-state index contributed by atoms with van der Waals surface area (Å²) in [6, 6.07) is 9.90. The van der Waals surface area contributed by atoms with E-state index in [-0.39, 0.29) is 5.84 Å². The fourth-order valence-electron chi connectivity index (χ4n) is 2.24. The van der Waals surface area contributed by atoms with Crippen LogP contribution in [0.5, 0.6) is 0 Å². The normalized spacial score (nSPS) is 12.2. The van der Waals surface area contributed by atoms with Crippen LogP contribution in [0.4, 0.5) is 0 Å². The van der Waals surface area contributed by atoms with Gasteiger partial charge in [-0.05, 0) is 34.1 Å². The standard InChI is InChI=1S/C14H12BrN3OS/c15-9-6-10(20-8-9)7-18-5-4-11-12(14(16)17-19)2-1-3-13(11)18/h1-6,8,19H,7H2,(H2,16,17). The Morgan fingerprint density at radius 2 is 2.25 bits per heavy atom. The number of oxime groups is 1. The first kappa shape index (κ1) is 13.2. The third-order valence-electron chi connectivity index (χ3n) is 3.15. The summed E-state index contributed by atoms with van der Waals surface area (Å²) in [5, 5.41) is 15.0. The maximum atomic E-state index is 8.85. The van der Waals surface area contributed by atoms with E-state index >= 15 is 0 Å². The number of nitrogens with two attached hydrogens (primary N) is 1. The highest BCUT2D eigenvalue weighted by molar-refractivity contribution is 9.10. The molecule has 102 valence electrons. The van der Waals surface area contributed by atoms with Gasteiger partial charge in [-0.15, -0.1) is 11.3 Å². The topological polar surface area (TPSA) is 63.5 Å². The molecule has 0 fully saturated rings. The fraction of sp³-hybridized carbons (Fsp3) is 0.0714. The molecule has 0 saturated carbocycles. The molecule has 0 spiro atoms. The molecule has 0 amide bonds. The second-order valence-corrected chi connectivity index (χ2v) is 6.31. The van der Waals surface area contributed by atoms with E-state index < -0.39 is 0 Å². The average Bonchev–Trinajstić information content (AvgIpc) is 3.05. The minimum absolute atomic E-state index is 0.132. The van der Waals surface area contributed by atoms with Crippen LogP contribution in [0, 0.1) is 0 Å². The zero-order valence-electron chi connectivity index (χ0n) is 10.5. The number of rotatable bonds is 3. The number of thiophene rings is 1. The molecule has 0 radical (unpaired) electrons. The largest absolute Gasteiger partial charge is 0.409 e. The monoisotopic (exact) mass is 349 g/mol. The van der Waals surface area contributed by atoms with E-state index in [1.165, 1.54) is 4.88 Å². The first-order chi connectivity index (χ1) is 9.69. The molecule has 0 bridgehead atoms. The van der Waals surface area contributed by atoms with Crippen LogP contribution in [-0.4, -0.2) is 15.6 Å². The van der Waals surface area contributed by atoms with Crippen LogP contribution < -0.4 is 5.73 Å². The molecular weight excluding hydrogens is 338 g/mol. The summed E-state index contributed by atoms with van der Waals surface area (Å²) in [7, 11) is 0. The molecule has 0 unspecified atom stereocenters. The van der Waals surface area contributed by atoms with Gasteiger partial charge in [0.15, 0.2) is 5.84 Å². The van der Waals surface area contributed by atoms with Crippen LogP contribution in [0.3, 0.4) is 0 Å². The Bertz CT molecular complexity index is 791. The Morgan fingerprint density at radius 1 is 1.40 bits per heavy atom. The molecule has 20 heavy (non-hydrogen) atoms. The van der Waals surface area contributed by atoms with Crippen LogP contribution >= 0.6 is 27.3 Å². The van der Waals surface area contributed by atoms with E-state index in [1.807, 2.05) is 30.5 Å². The number of aromatic nitrogens is 1. The lowest BCUT2D eigenvalue weighted by molar-refractivity contribution is 0.318. The molecule has 3 rings (SSSR count). The van der Waals surface area contributed by atoms with E-state index in [4.69, 9.17) is 10.9 Å². The predicted octanol–water partition coefficient (Wildman–Crippen LogP) is 3.61. The van der Waals surface area contributed by atoms with Crippen molar-refractivity contribution in [1.29, 1.82) is 0 Å². The SMILES string of the molecule is N/C(=N/O)c1cccc2c1ccn2Cc1cc(Br)cs1. The second kappa shape index (κ2) is 5.30. The lowest BCUT2D eigenvalue weighted by Crippen LogP contribution is -2.13. The number of amidine groups is 1. The van der Waals surface area contributed by atoms with Gasteiger partial charge < -0.3 is 15.5 Å². The highest BCUT2D eigenvalue weighted by Crippen LogP contribution is 2.24. The molecule has 6 heteroatoms. The van der Waals surface area contributed by atoms with Gasteiger partial charge >= 0.3 is 0 Å². The summed E-state index contributed by atoms with van der Waals surface area (Å²) in [4.78, 5) is 1.27. The number of nitrogens with zero attached hydrogens (tertiary/aromatic N) is 2. The number of hydrogen-bond acceptors (Lipinski definition) is 3. The van der Waals surface area contributed by atoms with Gasteiger partial charge in [-0.1, -0.05) is 17.3 Å². The highest BCUT2D eigenvalue weighted by Gasteiger charge is 2.09. The van der Waals surface area contributed by atoms with Crippen molar-refractivity contribution in [3.63, 3.8) is 0 Å². The van der Waals surface area contributed by atoms with Crippen molar-refractivity contribution in [3.8, 4) is 0 Å². The summed E-state index contributed by atoms with van der Waals surface area (Å²) in [5.41, 5.74) is 7.53. The molecule has 4 nitrogen and oxygen atoms in total. The van der Waals surface area contributed by atoms with E-state index in [0.29, 0.717) is 0 Å². The molecule has 2 heterocycles. The van der Waals surface area contributed by atoms with Crippen molar-refractivity contribution < 1.29 is 5.21 Å². The first-order valence-electron chi connectivity index (χ1n) is 5.97. The summed E-state index contributed by atoms with van der Waals surface area (Å²) >= 11 is 5.18. The maximum absolute atomic E-state index is 8.85. The smallest absolute Gasteiger partial charge is 0.170 e. The van der Waals surface area contributed by atoms with Crippen LogP contribution in [0.2, 0.25) is 0 Å². The van der Waals surface area contributed by atoms with Gasteiger partial charge in [0.1, 0.15) is 0 Å². The summed E-state index contributed by atoms with van der Waals surface area (Å²) in [5.74, 6) is 0.132. The molecule has 3 N–H and O–H groups in total. The number of hydrogen-bond donors (Lipinski definition) is 2. The zero-order valence-corrected chi connectivity index (χ0v) is 12.9. The molecule has 0 saturated heterocycles. The van der Waals surface area contributed by atoms with Crippen molar-refractivity contribution in [2.24, 2.45) is 10.9 Å². The molecule has 0 atom stereocenters. The van der Waals surface area contributed by atoms with Crippen LogP contribution in [0.15, 0.2) is 51.5 Å². The van der Waals surface area contributed by atoms with Gasteiger partial charge in [-0.3, -0.25) is 0 Å². The molecule has 1 aromatic carbocycles. The van der Waals surface area contributed by atoms with E-state index in [0.717, 1.165) is 27.5 Å². The van der Waals surface area contributed by atoms with Crippen LogP contribution in [-0.2, 0) is 6.54 Å². The van der Waals surface area contributed by atoms with Crippen molar-refractivity contribution in [1.82, 2.24) is 4.57 Å². The van der Waals surface area contributed by atoms with Crippen molar-refractivity contribution >= 4 is 44.0 Å². The van der Waals surface area contributed by atoms with Gasteiger partial charge in [0.25, 0.3) is 0 Å². The van der Waals surface area contributed by atoms with Gasteiger partial charge in [-0.25, -0.2) is 0 Å². The summed E-state index contributed by atoms with van der Waals surface area (Å²) < 4.78 is 3.26. The molecular formula is C14H12BrN3OS. The van der Waals surface area contributed by atoms with E-state index in [2.05, 4.69) is 37.1 Å². The minimum atomic E-state index is 0.132. The molecule has 3 aromatic rings. The Balaban J connectivity index is 2.06. The molecule has 0 aliphatic rings. The Labute approximate surface area is 128 Å². The quantitative estimate of drug-likeness (QED) is 0.328. The molecule has 0 aliphatic heterocycles. The Kier molecular flexibility index (Phi) is 3.50. The molecule has 0 aliphatic carbocycles. The lowest BCUT2D eigenvalue weighted by Gasteiger charge is -2.05.